The van der Waals surface area contributed by atoms with E-state index in [1.165, 1.54) is 43.9 Å². The number of benzene rings is 1. The van der Waals surface area contributed by atoms with Gasteiger partial charge in [0.2, 0.25) is 0 Å². The van der Waals surface area contributed by atoms with E-state index < -0.39 is 0 Å². The van der Waals surface area contributed by atoms with Gasteiger partial charge in [0, 0.05) is 18.3 Å². The Balaban J connectivity index is 1.45. The van der Waals surface area contributed by atoms with Crippen molar-refractivity contribution in [2.45, 2.75) is 32.2 Å². The van der Waals surface area contributed by atoms with E-state index in [2.05, 4.69) is 22.0 Å². The highest BCUT2D eigenvalue weighted by molar-refractivity contribution is 7.99. The van der Waals surface area contributed by atoms with Gasteiger partial charge in [-0.15, -0.1) is 0 Å². The van der Waals surface area contributed by atoms with Crippen LogP contribution in [-0.4, -0.2) is 54.6 Å². The average Bonchev–Trinajstić information content (AvgIpc) is 3.15. The van der Waals surface area contributed by atoms with E-state index in [1.807, 2.05) is 31.2 Å². The first-order chi connectivity index (χ1) is 11.8. The van der Waals surface area contributed by atoms with Gasteiger partial charge in [-0.1, -0.05) is 12.1 Å². The van der Waals surface area contributed by atoms with Crippen molar-refractivity contribution >= 4 is 17.7 Å². The van der Waals surface area contributed by atoms with Crippen molar-refractivity contribution in [2.24, 2.45) is 5.92 Å². The van der Waals surface area contributed by atoms with Crippen LogP contribution in [0.3, 0.4) is 0 Å². The highest BCUT2D eigenvalue weighted by atomic mass is 32.2. The zero-order chi connectivity index (χ0) is 16.8. The number of nitrogens with one attached hydrogen (secondary N) is 1. The molecule has 2 heterocycles. The third-order valence-corrected chi connectivity index (χ3v) is 6.20. The maximum absolute atomic E-state index is 12.5. The topological polar surface area (TPSA) is 41.6 Å². The number of amides is 1. The summed E-state index contributed by atoms with van der Waals surface area (Å²) >= 11 is 2.08. The highest BCUT2D eigenvalue weighted by Gasteiger charge is 2.27. The number of piperidine rings is 1. The molecule has 0 bridgehead atoms. The molecule has 4 nitrogen and oxygen atoms in total. The van der Waals surface area contributed by atoms with Crippen molar-refractivity contribution in [3.05, 3.63) is 29.8 Å². The Bertz CT molecular complexity index is 538. The molecule has 0 aromatic heterocycles. The van der Waals surface area contributed by atoms with E-state index in [0.29, 0.717) is 23.8 Å². The van der Waals surface area contributed by atoms with Gasteiger partial charge >= 0.3 is 0 Å². The number of rotatable bonds is 6. The molecular weight excluding hydrogens is 320 g/mol. The molecule has 0 radical (unpaired) electrons. The largest absolute Gasteiger partial charge is 0.493 e. The zero-order valence-corrected chi connectivity index (χ0v) is 15.3. The first-order valence-electron chi connectivity index (χ1n) is 9.09. The molecule has 2 fully saturated rings. The van der Waals surface area contributed by atoms with Crippen molar-refractivity contribution in [2.75, 3.05) is 37.7 Å². The molecule has 132 valence electrons. The number of carbonyl (C=O) groups excluding carboxylic acids is 1. The molecule has 24 heavy (non-hydrogen) atoms. The van der Waals surface area contributed by atoms with Crippen LogP contribution in [0.1, 0.15) is 36.5 Å². The Kier molecular flexibility index (Phi) is 6.44. The van der Waals surface area contributed by atoms with Crippen LogP contribution < -0.4 is 10.1 Å². The standard InChI is InChI=1S/C19H28N2O2S/c1-2-23-18-6-4-3-5-17(18)19(22)20-13-15-7-10-21(11-8-15)16-9-12-24-14-16/h3-6,15-16H,2,7-14H2,1H3,(H,20,22). The van der Waals surface area contributed by atoms with Crippen molar-refractivity contribution in [3.8, 4) is 5.75 Å². The normalized spacial score (nSPS) is 22.5. The molecule has 1 atom stereocenters. The van der Waals surface area contributed by atoms with Gasteiger partial charge in [0.05, 0.1) is 12.2 Å². The number of carbonyl (C=O) groups is 1. The van der Waals surface area contributed by atoms with Crippen LogP contribution in [0.2, 0.25) is 0 Å². The average molecular weight is 349 g/mol. The molecular formula is C19H28N2O2S. The predicted molar refractivity (Wildman–Crippen MR) is 100.0 cm³/mol. The molecule has 2 saturated heterocycles. The second kappa shape index (κ2) is 8.77. The molecule has 5 heteroatoms. The first kappa shape index (κ1) is 17.6. The molecule has 0 aliphatic carbocycles. The van der Waals surface area contributed by atoms with Crippen molar-refractivity contribution in [1.82, 2.24) is 10.2 Å². The molecule has 1 aromatic rings. The van der Waals surface area contributed by atoms with Gasteiger partial charge in [0.1, 0.15) is 5.75 Å². The summed E-state index contributed by atoms with van der Waals surface area (Å²) in [5.41, 5.74) is 0.639. The van der Waals surface area contributed by atoms with E-state index in [-0.39, 0.29) is 5.91 Å². The number of likely N-dealkylation sites (tertiary alicyclic amines) is 1. The molecule has 0 saturated carbocycles. The highest BCUT2D eigenvalue weighted by Crippen LogP contribution is 2.26. The summed E-state index contributed by atoms with van der Waals surface area (Å²) in [6.07, 6.45) is 3.73. The number of para-hydroxylation sites is 1. The Morgan fingerprint density at radius 2 is 2.08 bits per heavy atom. The molecule has 2 aliphatic heterocycles. The Labute approximate surface area is 149 Å². The van der Waals surface area contributed by atoms with Crippen LogP contribution >= 0.6 is 11.8 Å². The van der Waals surface area contributed by atoms with Crippen LogP contribution in [0.25, 0.3) is 0 Å². The third kappa shape index (κ3) is 4.45. The Hall–Kier alpha value is -1.20. The molecule has 1 N–H and O–H groups in total. The fourth-order valence-electron chi connectivity index (χ4n) is 3.60. The summed E-state index contributed by atoms with van der Waals surface area (Å²) in [5.74, 6) is 3.87. The van der Waals surface area contributed by atoms with Crippen molar-refractivity contribution < 1.29 is 9.53 Å². The predicted octanol–water partition coefficient (Wildman–Crippen LogP) is 3.03. The Morgan fingerprint density at radius 1 is 1.29 bits per heavy atom. The maximum atomic E-state index is 12.5. The van der Waals surface area contributed by atoms with E-state index >= 15 is 0 Å². The summed E-state index contributed by atoms with van der Waals surface area (Å²) < 4.78 is 5.55. The van der Waals surface area contributed by atoms with Crippen LogP contribution in [-0.2, 0) is 0 Å². The number of hydrogen-bond donors (Lipinski definition) is 1. The van der Waals surface area contributed by atoms with Gasteiger partial charge in [-0.05, 0) is 63.1 Å². The van der Waals surface area contributed by atoms with E-state index in [1.54, 1.807) is 0 Å². The fourth-order valence-corrected chi connectivity index (χ4v) is 4.86. The van der Waals surface area contributed by atoms with Gasteiger partial charge in [-0.2, -0.15) is 11.8 Å². The van der Waals surface area contributed by atoms with Gasteiger partial charge in [0.15, 0.2) is 0 Å². The number of hydrogen-bond acceptors (Lipinski definition) is 4. The lowest BCUT2D eigenvalue weighted by molar-refractivity contribution is 0.0924. The smallest absolute Gasteiger partial charge is 0.255 e. The lowest BCUT2D eigenvalue weighted by atomic mass is 9.95. The molecule has 2 aliphatic rings. The number of thioether (sulfide) groups is 1. The van der Waals surface area contributed by atoms with Crippen molar-refractivity contribution in [1.29, 1.82) is 0 Å². The second-order valence-electron chi connectivity index (χ2n) is 6.64. The summed E-state index contributed by atoms with van der Waals surface area (Å²) in [5, 5.41) is 3.11. The monoisotopic (exact) mass is 348 g/mol. The van der Waals surface area contributed by atoms with E-state index in [9.17, 15) is 4.79 Å². The van der Waals surface area contributed by atoms with Crippen LogP contribution in [0, 0.1) is 5.92 Å². The fraction of sp³-hybridized carbons (Fsp3) is 0.632. The third-order valence-electron chi connectivity index (χ3n) is 5.05. The zero-order valence-electron chi connectivity index (χ0n) is 14.5. The van der Waals surface area contributed by atoms with Gasteiger partial charge in [0.25, 0.3) is 5.91 Å². The maximum Gasteiger partial charge on any atom is 0.255 e. The minimum absolute atomic E-state index is 0.0197. The SMILES string of the molecule is CCOc1ccccc1C(=O)NCC1CCN(C2CCSC2)CC1. The second-order valence-corrected chi connectivity index (χ2v) is 7.79. The van der Waals surface area contributed by atoms with Gasteiger partial charge in [-0.25, -0.2) is 0 Å². The summed E-state index contributed by atoms with van der Waals surface area (Å²) in [6, 6.07) is 8.27. The molecule has 1 unspecified atom stereocenters. The summed E-state index contributed by atoms with van der Waals surface area (Å²) in [6.45, 7) is 5.64. The summed E-state index contributed by atoms with van der Waals surface area (Å²) in [7, 11) is 0. The first-order valence-corrected chi connectivity index (χ1v) is 10.2. The Morgan fingerprint density at radius 3 is 2.79 bits per heavy atom. The van der Waals surface area contributed by atoms with E-state index in [4.69, 9.17) is 4.74 Å². The molecule has 1 aromatic carbocycles. The van der Waals surface area contributed by atoms with Crippen LogP contribution in [0.4, 0.5) is 0 Å². The van der Waals surface area contributed by atoms with E-state index in [0.717, 1.165) is 12.6 Å². The van der Waals surface area contributed by atoms with Gasteiger partial charge in [-0.3, -0.25) is 9.69 Å². The summed E-state index contributed by atoms with van der Waals surface area (Å²) in [4.78, 5) is 15.1. The van der Waals surface area contributed by atoms with Gasteiger partial charge < -0.3 is 10.1 Å². The number of ether oxygens (including phenoxy) is 1. The lowest BCUT2D eigenvalue weighted by Gasteiger charge is -2.35. The van der Waals surface area contributed by atoms with Crippen LogP contribution in [0.15, 0.2) is 24.3 Å². The minimum atomic E-state index is -0.0197. The van der Waals surface area contributed by atoms with Crippen molar-refractivity contribution in [3.63, 3.8) is 0 Å². The molecule has 0 spiro atoms. The number of nitrogens with zero attached hydrogens (tertiary/aromatic N) is 1. The lowest BCUT2D eigenvalue weighted by Crippen LogP contribution is -2.43. The molecule has 1 amide bonds. The van der Waals surface area contributed by atoms with Crippen LogP contribution in [0.5, 0.6) is 5.75 Å². The minimum Gasteiger partial charge on any atom is -0.493 e. The quantitative estimate of drug-likeness (QED) is 0.858. The molecule has 3 rings (SSSR count).